The topological polar surface area (TPSA) is 136 Å². The maximum atomic E-state index is 10.8. The molecular weight excluding hydrogens is 404 g/mol. The summed E-state index contributed by atoms with van der Waals surface area (Å²) in [7, 11) is 0. The van der Waals surface area contributed by atoms with Gasteiger partial charge in [-0.05, 0) is 12.1 Å². The Hall–Kier alpha value is -3.38. The van der Waals surface area contributed by atoms with E-state index in [9.17, 15) is 20.2 Å². The van der Waals surface area contributed by atoms with Gasteiger partial charge >= 0.3 is 0 Å². The first-order valence-corrected chi connectivity index (χ1v) is 9.70. The molecule has 0 radical (unpaired) electrons. The van der Waals surface area contributed by atoms with Crippen molar-refractivity contribution in [1.82, 2.24) is 9.97 Å². The van der Waals surface area contributed by atoms with Crippen LogP contribution in [0.15, 0.2) is 36.4 Å². The minimum Gasteiger partial charge on any atom is -0.360 e. The highest BCUT2D eigenvalue weighted by Gasteiger charge is 2.11. The highest BCUT2D eigenvalue weighted by Crippen LogP contribution is 2.30. The van der Waals surface area contributed by atoms with E-state index in [1.807, 2.05) is 0 Å². The highest BCUT2D eigenvalue weighted by atomic mass is 32.1. The summed E-state index contributed by atoms with van der Waals surface area (Å²) in [4.78, 5) is 29.6. The summed E-state index contributed by atoms with van der Waals surface area (Å²) >= 11 is 2.70. The van der Waals surface area contributed by atoms with Gasteiger partial charge in [0.05, 0.1) is 30.3 Å². The molecule has 2 heterocycles. The Kier molecular flexibility index (Phi) is 4.71. The summed E-state index contributed by atoms with van der Waals surface area (Å²) in [5, 5.41) is 29.4. The van der Waals surface area contributed by atoms with Crippen molar-refractivity contribution >= 4 is 64.7 Å². The molecule has 0 saturated heterocycles. The van der Waals surface area contributed by atoms with Crippen LogP contribution in [0.4, 0.5) is 21.6 Å². The van der Waals surface area contributed by atoms with Gasteiger partial charge in [-0.1, -0.05) is 22.7 Å². The fourth-order valence-corrected chi connectivity index (χ4v) is 4.39. The predicted molar refractivity (Wildman–Crippen MR) is 110 cm³/mol. The van der Waals surface area contributed by atoms with Gasteiger partial charge in [0.1, 0.15) is 0 Å². The van der Waals surface area contributed by atoms with Gasteiger partial charge in [-0.2, -0.15) is 0 Å². The molecular formula is C16H12N6O4S2. The number of hydrogen-bond donors (Lipinski definition) is 2. The summed E-state index contributed by atoms with van der Waals surface area (Å²) in [6.45, 7) is 1.13. The summed E-state index contributed by atoms with van der Waals surface area (Å²) in [5.41, 5.74) is 1.50. The average molecular weight is 416 g/mol. The van der Waals surface area contributed by atoms with Crippen LogP contribution in [0.3, 0.4) is 0 Å². The molecule has 4 rings (SSSR count). The lowest BCUT2D eigenvalue weighted by Gasteiger charge is -2.03. The molecule has 142 valence electrons. The van der Waals surface area contributed by atoms with Gasteiger partial charge in [-0.3, -0.25) is 20.2 Å². The molecule has 2 N–H and O–H groups in total. The fourth-order valence-electron chi connectivity index (χ4n) is 2.54. The molecule has 0 saturated carbocycles. The van der Waals surface area contributed by atoms with Gasteiger partial charge in [0.25, 0.3) is 11.4 Å². The Morgan fingerprint density at radius 1 is 0.786 bits per heavy atom. The van der Waals surface area contributed by atoms with Crippen LogP contribution in [0.25, 0.3) is 20.4 Å². The number of non-ortho nitro benzene ring substituents is 2. The largest absolute Gasteiger partial charge is 0.360 e. The molecule has 0 amide bonds. The molecule has 0 spiro atoms. The number of benzene rings is 2. The smallest absolute Gasteiger partial charge is 0.270 e. The van der Waals surface area contributed by atoms with Crippen molar-refractivity contribution < 1.29 is 9.85 Å². The van der Waals surface area contributed by atoms with Crippen molar-refractivity contribution in [1.29, 1.82) is 0 Å². The Morgan fingerprint density at radius 2 is 1.21 bits per heavy atom. The number of hydrogen-bond acceptors (Lipinski definition) is 10. The molecule has 0 aliphatic rings. The summed E-state index contributed by atoms with van der Waals surface area (Å²) in [6, 6.07) is 9.16. The number of anilines is 2. The Labute approximate surface area is 165 Å². The van der Waals surface area contributed by atoms with Gasteiger partial charge < -0.3 is 10.6 Å². The maximum Gasteiger partial charge on any atom is 0.270 e. The zero-order chi connectivity index (χ0) is 19.7. The molecule has 10 nitrogen and oxygen atoms in total. The molecule has 0 aliphatic heterocycles. The minimum atomic E-state index is -0.428. The monoisotopic (exact) mass is 416 g/mol. The van der Waals surface area contributed by atoms with E-state index in [0.29, 0.717) is 34.4 Å². The second kappa shape index (κ2) is 7.32. The quantitative estimate of drug-likeness (QED) is 0.259. The van der Waals surface area contributed by atoms with Crippen LogP contribution in [0.1, 0.15) is 0 Å². The predicted octanol–water partition coefficient (Wildman–Crippen LogP) is 4.25. The number of thiazole rings is 2. The van der Waals surface area contributed by atoms with Crippen molar-refractivity contribution in [3.8, 4) is 0 Å². The SMILES string of the molecule is O=[N+]([O-])c1ccc2nc(NCCNc3nc4ccc([N+](=O)[O-])cc4s3)sc2c1. The van der Waals surface area contributed by atoms with Gasteiger partial charge in [0.15, 0.2) is 10.3 Å². The first-order chi connectivity index (χ1) is 13.5. The van der Waals surface area contributed by atoms with Gasteiger partial charge in [0.2, 0.25) is 0 Å². The number of nitrogens with one attached hydrogen (secondary N) is 2. The number of fused-ring (bicyclic) bond motifs is 2. The van der Waals surface area contributed by atoms with E-state index in [4.69, 9.17) is 0 Å². The molecule has 0 atom stereocenters. The third-order valence-electron chi connectivity index (χ3n) is 3.84. The van der Waals surface area contributed by atoms with Crippen LogP contribution in [-0.4, -0.2) is 32.9 Å². The van der Waals surface area contributed by atoms with E-state index in [1.54, 1.807) is 12.1 Å². The molecule has 0 fully saturated rings. The summed E-state index contributed by atoms with van der Waals surface area (Å²) < 4.78 is 1.50. The summed E-state index contributed by atoms with van der Waals surface area (Å²) in [6.07, 6.45) is 0. The molecule has 28 heavy (non-hydrogen) atoms. The number of nitro groups is 2. The van der Waals surface area contributed by atoms with Crippen LogP contribution in [0.2, 0.25) is 0 Å². The molecule has 4 aromatic rings. The standard InChI is InChI=1S/C16H12N6O4S2/c23-21(24)9-1-3-11-13(7-9)27-15(19-11)17-5-6-18-16-20-12-4-2-10(22(25)26)8-14(12)28-16/h1-4,7-8H,5-6H2,(H,17,19)(H,18,20). The number of aromatic nitrogens is 2. The molecule has 0 unspecified atom stereocenters. The fraction of sp³-hybridized carbons (Fsp3) is 0.125. The Balaban J connectivity index is 1.36. The molecule has 12 heteroatoms. The first-order valence-electron chi connectivity index (χ1n) is 8.07. The zero-order valence-corrected chi connectivity index (χ0v) is 15.7. The van der Waals surface area contributed by atoms with E-state index in [-0.39, 0.29) is 11.4 Å². The van der Waals surface area contributed by atoms with Crippen molar-refractivity contribution in [2.24, 2.45) is 0 Å². The number of nitrogens with zero attached hydrogens (tertiary/aromatic N) is 4. The second-order valence-electron chi connectivity index (χ2n) is 5.71. The normalized spacial score (nSPS) is 11.0. The summed E-state index contributed by atoms with van der Waals surface area (Å²) in [5.74, 6) is 0. The van der Waals surface area contributed by atoms with Crippen LogP contribution < -0.4 is 10.6 Å². The second-order valence-corrected chi connectivity index (χ2v) is 7.77. The third kappa shape index (κ3) is 3.68. The van der Waals surface area contributed by atoms with Crippen molar-refractivity contribution in [2.75, 3.05) is 23.7 Å². The molecule has 0 bridgehead atoms. The third-order valence-corrected chi connectivity index (χ3v) is 5.79. The molecule has 2 aromatic carbocycles. The van der Waals surface area contributed by atoms with E-state index < -0.39 is 9.85 Å². The van der Waals surface area contributed by atoms with E-state index in [1.165, 1.54) is 46.9 Å². The molecule has 2 aromatic heterocycles. The minimum absolute atomic E-state index is 0.0421. The lowest BCUT2D eigenvalue weighted by atomic mass is 10.3. The van der Waals surface area contributed by atoms with Gasteiger partial charge in [0, 0.05) is 37.4 Å². The van der Waals surface area contributed by atoms with Crippen LogP contribution in [-0.2, 0) is 0 Å². The highest BCUT2D eigenvalue weighted by molar-refractivity contribution is 7.22. The van der Waals surface area contributed by atoms with E-state index >= 15 is 0 Å². The van der Waals surface area contributed by atoms with E-state index in [2.05, 4.69) is 20.6 Å². The number of nitro benzene ring substituents is 2. The van der Waals surface area contributed by atoms with Gasteiger partial charge in [-0.25, -0.2) is 9.97 Å². The van der Waals surface area contributed by atoms with Gasteiger partial charge in [-0.15, -0.1) is 0 Å². The Bertz CT molecular complexity index is 1110. The lowest BCUT2D eigenvalue weighted by Crippen LogP contribution is -2.13. The Morgan fingerprint density at radius 3 is 1.61 bits per heavy atom. The van der Waals surface area contributed by atoms with Crippen molar-refractivity contribution in [2.45, 2.75) is 0 Å². The number of rotatable bonds is 7. The average Bonchev–Trinajstić information content (AvgIpc) is 3.26. The van der Waals surface area contributed by atoms with Crippen LogP contribution in [0.5, 0.6) is 0 Å². The van der Waals surface area contributed by atoms with Crippen LogP contribution >= 0.6 is 22.7 Å². The van der Waals surface area contributed by atoms with Crippen LogP contribution in [0, 0.1) is 20.2 Å². The lowest BCUT2D eigenvalue weighted by molar-refractivity contribution is -0.384. The molecule has 0 aliphatic carbocycles. The van der Waals surface area contributed by atoms with Crippen molar-refractivity contribution in [3.63, 3.8) is 0 Å². The first kappa shape index (κ1) is 18.0. The maximum absolute atomic E-state index is 10.8. The van der Waals surface area contributed by atoms with Crippen molar-refractivity contribution in [3.05, 3.63) is 56.6 Å². The zero-order valence-electron chi connectivity index (χ0n) is 14.1. The van der Waals surface area contributed by atoms with E-state index in [0.717, 1.165) is 9.40 Å².